The van der Waals surface area contributed by atoms with E-state index in [9.17, 15) is 14.7 Å². The fourth-order valence-electron chi connectivity index (χ4n) is 3.94. The molecule has 8 nitrogen and oxygen atoms in total. The van der Waals surface area contributed by atoms with Gasteiger partial charge < -0.3 is 19.3 Å². The summed E-state index contributed by atoms with van der Waals surface area (Å²) in [5.41, 5.74) is 1.64. The van der Waals surface area contributed by atoms with Crippen LogP contribution in [0.5, 0.6) is 17.2 Å². The predicted molar refractivity (Wildman–Crippen MR) is 121 cm³/mol. The lowest BCUT2D eigenvalue weighted by Gasteiger charge is -2.24. The Morgan fingerprint density at radius 1 is 1.27 bits per heavy atom. The van der Waals surface area contributed by atoms with Crippen molar-refractivity contribution in [1.82, 2.24) is 4.57 Å². The Bertz CT molecular complexity index is 1480. The van der Waals surface area contributed by atoms with Gasteiger partial charge >= 0.3 is 5.97 Å². The Hall–Kier alpha value is -3.85. The van der Waals surface area contributed by atoms with Crippen molar-refractivity contribution in [3.8, 4) is 17.2 Å². The Kier molecular flexibility index (Phi) is 5.26. The number of benzene rings is 2. The molecule has 1 aromatic heterocycles. The fourth-order valence-corrected chi connectivity index (χ4v) is 4.98. The molecule has 1 N–H and O–H groups in total. The van der Waals surface area contributed by atoms with Gasteiger partial charge in [-0.25, -0.2) is 9.79 Å². The summed E-state index contributed by atoms with van der Waals surface area (Å²) in [6.07, 6.45) is 1.62. The monoisotopic (exact) mass is 464 g/mol. The van der Waals surface area contributed by atoms with Gasteiger partial charge in [0.25, 0.3) is 5.56 Å². The summed E-state index contributed by atoms with van der Waals surface area (Å²) in [5, 5.41) is 10.1. The first kappa shape index (κ1) is 21.0. The van der Waals surface area contributed by atoms with Gasteiger partial charge in [-0.3, -0.25) is 9.36 Å². The van der Waals surface area contributed by atoms with Crippen molar-refractivity contribution in [1.29, 1.82) is 0 Å². The molecule has 0 unspecified atom stereocenters. The van der Waals surface area contributed by atoms with Gasteiger partial charge in [0.15, 0.2) is 16.3 Å². The van der Waals surface area contributed by atoms with E-state index >= 15 is 0 Å². The molecule has 0 saturated carbocycles. The highest BCUT2D eigenvalue weighted by atomic mass is 32.1. The zero-order chi connectivity index (χ0) is 23.1. The molecule has 0 fully saturated rings. The van der Waals surface area contributed by atoms with Gasteiger partial charge in [-0.1, -0.05) is 35.6 Å². The normalized spacial score (nSPS) is 17.0. The number of para-hydroxylation sites is 1. The van der Waals surface area contributed by atoms with Crippen LogP contribution in [0.15, 0.2) is 63.5 Å². The Morgan fingerprint density at radius 3 is 2.85 bits per heavy atom. The number of aromatic nitrogens is 1. The summed E-state index contributed by atoms with van der Waals surface area (Å²) in [5.74, 6) is 0.682. The zero-order valence-corrected chi connectivity index (χ0v) is 18.7. The van der Waals surface area contributed by atoms with Crippen LogP contribution in [0.3, 0.4) is 0 Å². The molecule has 0 radical (unpaired) electrons. The van der Waals surface area contributed by atoms with Crippen molar-refractivity contribution in [3.63, 3.8) is 0 Å². The molecule has 2 aliphatic rings. The number of nitrogens with zero attached hydrogens (tertiary/aromatic N) is 2. The molecule has 2 aliphatic heterocycles. The van der Waals surface area contributed by atoms with E-state index in [1.54, 1.807) is 62.4 Å². The number of ether oxygens (including phenoxy) is 3. The molecular formula is C24H20N2O6S. The summed E-state index contributed by atoms with van der Waals surface area (Å²) >= 11 is 1.20. The van der Waals surface area contributed by atoms with Crippen LogP contribution in [0.2, 0.25) is 0 Å². The van der Waals surface area contributed by atoms with Gasteiger partial charge in [-0.2, -0.15) is 0 Å². The lowest BCUT2D eigenvalue weighted by molar-refractivity contribution is -0.139. The van der Waals surface area contributed by atoms with Crippen molar-refractivity contribution in [2.75, 3.05) is 13.4 Å². The van der Waals surface area contributed by atoms with E-state index in [4.69, 9.17) is 14.2 Å². The summed E-state index contributed by atoms with van der Waals surface area (Å²) < 4.78 is 18.1. The van der Waals surface area contributed by atoms with Crippen LogP contribution in [0, 0.1) is 0 Å². The first-order valence-electron chi connectivity index (χ1n) is 10.3. The number of carbonyl (C=O) groups excluding carboxylic acids is 1. The molecule has 168 valence electrons. The second-order valence-corrected chi connectivity index (χ2v) is 8.48. The lowest BCUT2D eigenvalue weighted by Crippen LogP contribution is -2.39. The molecular weight excluding hydrogens is 444 g/mol. The van der Waals surface area contributed by atoms with Crippen LogP contribution < -0.4 is 24.4 Å². The number of rotatable bonds is 4. The second kappa shape index (κ2) is 8.25. The van der Waals surface area contributed by atoms with Crippen LogP contribution >= 0.6 is 11.3 Å². The van der Waals surface area contributed by atoms with E-state index in [2.05, 4.69) is 4.99 Å². The number of thiazole rings is 1. The molecule has 0 aliphatic carbocycles. The number of esters is 1. The van der Waals surface area contributed by atoms with Gasteiger partial charge in [0, 0.05) is 5.56 Å². The molecule has 0 amide bonds. The minimum Gasteiger partial charge on any atom is -0.507 e. The van der Waals surface area contributed by atoms with Crippen molar-refractivity contribution in [2.24, 2.45) is 4.99 Å². The zero-order valence-electron chi connectivity index (χ0n) is 17.9. The van der Waals surface area contributed by atoms with Gasteiger partial charge in [0.05, 0.1) is 28.5 Å². The largest absolute Gasteiger partial charge is 0.507 e. The van der Waals surface area contributed by atoms with Gasteiger partial charge in [0.2, 0.25) is 6.79 Å². The number of carbonyl (C=O) groups is 1. The summed E-state index contributed by atoms with van der Waals surface area (Å²) in [6.45, 7) is 3.76. The second-order valence-electron chi connectivity index (χ2n) is 7.47. The molecule has 3 heterocycles. The third-order valence-corrected chi connectivity index (χ3v) is 6.44. The minimum absolute atomic E-state index is 0.0686. The Labute approximate surface area is 192 Å². The third-order valence-electron chi connectivity index (χ3n) is 5.45. The number of fused-ring (bicyclic) bond motifs is 2. The van der Waals surface area contributed by atoms with E-state index in [0.717, 1.165) is 0 Å². The number of hydrogen-bond donors (Lipinski definition) is 1. The SMILES string of the molecule is CCOC(=O)C1=C(C)N=c2sc(=Cc3ccccc3O)c(=O)n2[C@H]1c1ccc2c(c1)OCO2. The van der Waals surface area contributed by atoms with E-state index in [0.29, 0.717) is 37.7 Å². The third kappa shape index (κ3) is 3.60. The Balaban J connectivity index is 1.74. The lowest BCUT2D eigenvalue weighted by atomic mass is 9.95. The quantitative estimate of drug-likeness (QED) is 0.595. The number of aromatic hydroxyl groups is 1. The summed E-state index contributed by atoms with van der Waals surface area (Å²) in [7, 11) is 0. The molecule has 0 spiro atoms. The van der Waals surface area contributed by atoms with Gasteiger partial charge in [0.1, 0.15) is 5.75 Å². The Morgan fingerprint density at radius 2 is 2.06 bits per heavy atom. The van der Waals surface area contributed by atoms with Crippen molar-refractivity contribution in [3.05, 3.63) is 84.5 Å². The van der Waals surface area contributed by atoms with Crippen LogP contribution in [-0.4, -0.2) is 29.0 Å². The van der Waals surface area contributed by atoms with E-state index in [1.165, 1.54) is 15.9 Å². The average Bonchev–Trinajstić information content (AvgIpc) is 3.38. The van der Waals surface area contributed by atoms with Gasteiger partial charge in [-0.15, -0.1) is 0 Å². The molecule has 0 saturated heterocycles. The molecule has 1 atom stereocenters. The number of hydrogen-bond acceptors (Lipinski definition) is 8. The van der Waals surface area contributed by atoms with Crippen LogP contribution in [-0.2, 0) is 9.53 Å². The summed E-state index contributed by atoms with van der Waals surface area (Å²) in [6, 6.07) is 11.3. The van der Waals surface area contributed by atoms with Crippen LogP contribution in [0.25, 0.3) is 6.08 Å². The number of allylic oxidation sites excluding steroid dienone is 1. The molecule has 33 heavy (non-hydrogen) atoms. The maximum atomic E-state index is 13.5. The molecule has 2 aromatic carbocycles. The first-order chi connectivity index (χ1) is 16.0. The maximum absolute atomic E-state index is 13.5. The van der Waals surface area contributed by atoms with E-state index in [1.807, 2.05) is 0 Å². The minimum atomic E-state index is -0.749. The smallest absolute Gasteiger partial charge is 0.338 e. The van der Waals surface area contributed by atoms with Crippen LogP contribution in [0.4, 0.5) is 0 Å². The highest BCUT2D eigenvalue weighted by Crippen LogP contribution is 2.38. The molecule has 0 bridgehead atoms. The highest BCUT2D eigenvalue weighted by Gasteiger charge is 2.34. The molecule has 5 rings (SSSR count). The molecule has 9 heteroatoms. The van der Waals surface area contributed by atoms with E-state index < -0.39 is 12.0 Å². The van der Waals surface area contributed by atoms with Crippen LogP contribution in [0.1, 0.15) is 31.0 Å². The molecule has 3 aromatic rings. The fraction of sp³-hybridized carbons (Fsp3) is 0.208. The maximum Gasteiger partial charge on any atom is 0.338 e. The topological polar surface area (TPSA) is 99.4 Å². The van der Waals surface area contributed by atoms with E-state index in [-0.39, 0.29) is 30.3 Å². The van der Waals surface area contributed by atoms with Gasteiger partial charge in [-0.05, 0) is 43.7 Å². The van der Waals surface area contributed by atoms with Crippen molar-refractivity contribution in [2.45, 2.75) is 19.9 Å². The number of phenolic OH excluding ortho intramolecular Hbond substituents is 1. The predicted octanol–water partition coefficient (Wildman–Crippen LogP) is 2.23. The van der Waals surface area contributed by atoms with Crippen molar-refractivity contribution >= 4 is 23.4 Å². The first-order valence-corrected chi connectivity index (χ1v) is 11.2. The standard InChI is InChI=1S/C24H20N2O6S/c1-3-30-23(29)20-13(2)25-24-26(21(20)15-8-9-17-18(10-15)32-12-31-17)22(28)19(33-24)11-14-6-4-5-7-16(14)27/h4-11,21,27H,3,12H2,1-2H3/t21-/m0/s1. The van der Waals surface area contributed by atoms with Crippen molar-refractivity contribution < 1.29 is 24.1 Å². The highest BCUT2D eigenvalue weighted by molar-refractivity contribution is 7.07. The summed E-state index contributed by atoms with van der Waals surface area (Å²) in [4.78, 5) is 31.5. The number of phenols is 1. The average molecular weight is 464 g/mol.